The van der Waals surface area contributed by atoms with E-state index in [2.05, 4.69) is 53.7 Å². The molecule has 1 aromatic carbocycles. The van der Waals surface area contributed by atoms with Crippen LogP contribution in [0.2, 0.25) is 0 Å². The number of benzene rings is 1. The molecule has 0 bridgehead atoms. The monoisotopic (exact) mass is 356 g/mol. The lowest BCUT2D eigenvalue weighted by Crippen LogP contribution is -2.06. The normalized spacial score (nSPS) is 10.7. The maximum Gasteiger partial charge on any atom is 0.123 e. The van der Waals surface area contributed by atoms with Crippen LogP contribution in [-0.2, 0) is 6.54 Å². The Kier molecular flexibility index (Phi) is 3.94. The Morgan fingerprint density at radius 3 is 2.56 bits per heavy atom. The molecular formula is C14H17IN2O. The number of halogens is 1. The number of rotatable bonds is 3. The molecule has 0 aliphatic rings. The van der Waals surface area contributed by atoms with E-state index in [1.807, 2.05) is 17.7 Å². The van der Waals surface area contributed by atoms with E-state index in [1.54, 1.807) is 7.11 Å². The van der Waals surface area contributed by atoms with Crippen molar-refractivity contribution in [1.82, 2.24) is 9.78 Å². The van der Waals surface area contributed by atoms with Crippen molar-refractivity contribution in [2.75, 3.05) is 7.11 Å². The molecule has 0 fully saturated rings. The lowest BCUT2D eigenvalue weighted by Gasteiger charge is -2.10. The smallest absolute Gasteiger partial charge is 0.123 e. The molecule has 3 nitrogen and oxygen atoms in total. The van der Waals surface area contributed by atoms with E-state index in [9.17, 15) is 0 Å². The Bertz CT molecular complexity index is 575. The Balaban J connectivity index is 2.39. The fourth-order valence-electron chi connectivity index (χ4n) is 2.02. The third kappa shape index (κ3) is 2.53. The number of aromatic nitrogens is 2. The van der Waals surface area contributed by atoms with Crippen LogP contribution >= 0.6 is 22.6 Å². The average Bonchev–Trinajstić information content (AvgIpc) is 2.57. The van der Waals surface area contributed by atoms with Crippen LogP contribution in [0.15, 0.2) is 18.2 Å². The fourth-order valence-corrected chi connectivity index (χ4v) is 2.41. The van der Waals surface area contributed by atoms with Gasteiger partial charge in [-0.1, -0.05) is 17.7 Å². The van der Waals surface area contributed by atoms with Crippen LogP contribution < -0.4 is 4.74 Å². The highest BCUT2D eigenvalue weighted by atomic mass is 127. The second kappa shape index (κ2) is 5.30. The van der Waals surface area contributed by atoms with Crippen molar-refractivity contribution in [3.8, 4) is 5.75 Å². The van der Waals surface area contributed by atoms with Crippen LogP contribution in [0.1, 0.15) is 22.5 Å². The minimum atomic E-state index is 0.751. The van der Waals surface area contributed by atoms with E-state index in [0.717, 1.165) is 18.0 Å². The molecule has 0 saturated heterocycles. The molecule has 1 heterocycles. The third-order valence-electron chi connectivity index (χ3n) is 3.05. The van der Waals surface area contributed by atoms with Gasteiger partial charge in [0, 0.05) is 11.3 Å². The van der Waals surface area contributed by atoms with Crippen LogP contribution in [0, 0.1) is 24.3 Å². The molecule has 2 aromatic rings. The molecule has 0 aliphatic heterocycles. The summed E-state index contributed by atoms with van der Waals surface area (Å²) >= 11 is 2.34. The van der Waals surface area contributed by atoms with Gasteiger partial charge in [-0.15, -0.1) is 0 Å². The molecular weight excluding hydrogens is 339 g/mol. The number of ether oxygens (including phenoxy) is 1. The van der Waals surface area contributed by atoms with Gasteiger partial charge in [-0.25, -0.2) is 0 Å². The zero-order chi connectivity index (χ0) is 13.3. The van der Waals surface area contributed by atoms with Crippen molar-refractivity contribution in [1.29, 1.82) is 0 Å². The summed E-state index contributed by atoms with van der Waals surface area (Å²) in [5.41, 5.74) is 4.69. The summed E-state index contributed by atoms with van der Waals surface area (Å²) in [6.07, 6.45) is 0. The predicted molar refractivity (Wildman–Crippen MR) is 81.3 cm³/mol. The molecule has 0 amide bonds. The highest BCUT2D eigenvalue weighted by Gasteiger charge is 2.11. The lowest BCUT2D eigenvalue weighted by atomic mass is 10.1. The molecule has 0 N–H and O–H groups in total. The molecule has 96 valence electrons. The molecule has 0 spiro atoms. The summed E-state index contributed by atoms with van der Waals surface area (Å²) in [5.74, 6) is 0.920. The van der Waals surface area contributed by atoms with Crippen LogP contribution in [0.4, 0.5) is 0 Å². The second-order valence-corrected chi connectivity index (χ2v) is 5.54. The van der Waals surface area contributed by atoms with Crippen molar-refractivity contribution in [3.63, 3.8) is 0 Å². The fraction of sp³-hybridized carbons (Fsp3) is 0.357. The maximum absolute atomic E-state index is 5.41. The van der Waals surface area contributed by atoms with E-state index in [4.69, 9.17) is 4.74 Å². The van der Waals surface area contributed by atoms with Crippen molar-refractivity contribution in [2.24, 2.45) is 0 Å². The summed E-state index contributed by atoms with van der Waals surface area (Å²) in [6.45, 7) is 6.98. The summed E-state index contributed by atoms with van der Waals surface area (Å²) in [5, 5.41) is 4.56. The molecule has 0 aliphatic carbocycles. The number of hydrogen-bond acceptors (Lipinski definition) is 2. The summed E-state index contributed by atoms with van der Waals surface area (Å²) in [4.78, 5) is 0. The second-order valence-electron chi connectivity index (χ2n) is 4.46. The first-order chi connectivity index (χ1) is 8.52. The first kappa shape index (κ1) is 13.4. The van der Waals surface area contributed by atoms with E-state index in [1.165, 1.54) is 20.4 Å². The molecule has 0 radical (unpaired) electrons. The highest BCUT2D eigenvalue weighted by molar-refractivity contribution is 14.1. The number of methoxy groups -OCH3 is 1. The molecule has 4 heteroatoms. The summed E-state index contributed by atoms with van der Waals surface area (Å²) in [6, 6.07) is 6.23. The molecule has 1 aromatic heterocycles. The molecule has 2 rings (SSSR count). The maximum atomic E-state index is 5.41. The van der Waals surface area contributed by atoms with Crippen LogP contribution in [0.25, 0.3) is 0 Å². The van der Waals surface area contributed by atoms with Gasteiger partial charge >= 0.3 is 0 Å². The zero-order valence-electron chi connectivity index (χ0n) is 11.1. The minimum absolute atomic E-state index is 0.751. The average molecular weight is 356 g/mol. The van der Waals surface area contributed by atoms with Gasteiger partial charge in [0.1, 0.15) is 5.75 Å². The summed E-state index contributed by atoms with van der Waals surface area (Å²) < 4.78 is 8.68. The Morgan fingerprint density at radius 1 is 1.28 bits per heavy atom. The molecule has 0 atom stereocenters. The van der Waals surface area contributed by atoms with Crippen LogP contribution in [-0.4, -0.2) is 16.9 Å². The topological polar surface area (TPSA) is 27.1 Å². The van der Waals surface area contributed by atoms with Crippen molar-refractivity contribution in [3.05, 3.63) is 44.3 Å². The standard InChI is InChI=1S/C14H17IN2O/c1-9-5-6-13(18-4)12(7-9)8-17-11(3)14(15)10(2)16-17/h5-7H,8H2,1-4H3. The van der Waals surface area contributed by atoms with Crippen LogP contribution in [0.3, 0.4) is 0 Å². The quantitative estimate of drug-likeness (QED) is 0.788. The molecule has 18 heavy (non-hydrogen) atoms. The zero-order valence-corrected chi connectivity index (χ0v) is 13.3. The van der Waals surface area contributed by atoms with Gasteiger partial charge < -0.3 is 4.74 Å². The number of hydrogen-bond donors (Lipinski definition) is 0. The Hall–Kier alpha value is -1.04. The van der Waals surface area contributed by atoms with Gasteiger partial charge in [-0.3, -0.25) is 4.68 Å². The number of nitrogens with zero attached hydrogens (tertiary/aromatic N) is 2. The first-order valence-corrected chi connectivity index (χ1v) is 6.94. The van der Waals surface area contributed by atoms with E-state index in [-0.39, 0.29) is 0 Å². The Labute approximate surface area is 121 Å². The lowest BCUT2D eigenvalue weighted by molar-refractivity contribution is 0.407. The van der Waals surface area contributed by atoms with Crippen molar-refractivity contribution < 1.29 is 4.74 Å². The van der Waals surface area contributed by atoms with Gasteiger partial charge in [0.05, 0.1) is 22.9 Å². The van der Waals surface area contributed by atoms with Gasteiger partial charge in [0.2, 0.25) is 0 Å². The Morgan fingerprint density at radius 2 is 2.00 bits per heavy atom. The van der Waals surface area contributed by atoms with Gasteiger partial charge in [-0.05, 0) is 49.4 Å². The number of aryl methyl sites for hydroxylation is 2. The SMILES string of the molecule is COc1ccc(C)cc1Cn1nc(C)c(I)c1C. The predicted octanol–water partition coefficient (Wildman–Crippen LogP) is 3.47. The van der Waals surface area contributed by atoms with Crippen molar-refractivity contribution >= 4 is 22.6 Å². The first-order valence-electron chi connectivity index (χ1n) is 5.86. The van der Waals surface area contributed by atoms with E-state index in [0.29, 0.717) is 0 Å². The van der Waals surface area contributed by atoms with Gasteiger partial charge in [0.25, 0.3) is 0 Å². The summed E-state index contributed by atoms with van der Waals surface area (Å²) in [7, 11) is 1.71. The highest BCUT2D eigenvalue weighted by Crippen LogP contribution is 2.23. The molecule has 0 saturated carbocycles. The van der Waals surface area contributed by atoms with Gasteiger partial charge in [-0.2, -0.15) is 5.10 Å². The van der Waals surface area contributed by atoms with Crippen LogP contribution in [0.5, 0.6) is 5.75 Å². The van der Waals surface area contributed by atoms with Gasteiger partial charge in [0.15, 0.2) is 0 Å². The largest absolute Gasteiger partial charge is 0.496 e. The van der Waals surface area contributed by atoms with Crippen molar-refractivity contribution in [2.45, 2.75) is 27.3 Å². The van der Waals surface area contributed by atoms with E-state index >= 15 is 0 Å². The molecule has 0 unspecified atom stereocenters. The van der Waals surface area contributed by atoms with E-state index < -0.39 is 0 Å². The minimum Gasteiger partial charge on any atom is -0.496 e. The third-order valence-corrected chi connectivity index (χ3v) is 4.61.